The normalized spacial score (nSPS) is 48.0. The van der Waals surface area contributed by atoms with E-state index in [0.29, 0.717) is 19.3 Å². The number of carbonyl (C=O) groups excluding carboxylic acids is 2. The van der Waals surface area contributed by atoms with E-state index in [-0.39, 0.29) is 24.0 Å². The molecule has 4 rings (SSSR count). The third-order valence-corrected chi connectivity index (χ3v) is 10.4. The summed E-state index contributed by atoms with van der Waals surface area (Å²) in [5, 5.41) is 23.1. The number of Topliss-reactive ketones (excluding diaryl/α,β-unsaturated/α-hetero) is 1. The van der Waals surface area contributed by atoms with E-state index in [1.807, 2.05) is 6.92 Å². The Kier molecular flexibility index (Phi) is 5.55. The summed E-state index contributed by atoms with van der Waals surface area (Å²) in [6.45, 7) is 4.49. The lowest BCUT2D eigenvalue weighted by Gasteiger charge is -2.63. The lowest BCUT2D eigenvalue weighted by Crippen LogP contribution is -2.69. The van der Waals surface area contributed by atoms with Crippen LogP contribution in [0, 0.1) is 28.6 Å². The van der Waals surface area contributed by atoms with Crippen LogP contribution in [0.15, 0.2) is 23.8 Å². The van der Waals surface area contributed by atoms with Crippen molar-refractivity contribution in [2.45, 2.75) is 63.0 Å². The third-order valence-electron chi connectivity index (χ3n) is 9.01. The molecule has 32 heavy (non-hydrogen) atoms. The SMILES string of the molecule is CC1CC2C3CCC4=CC(=O)C=CC4(C)C3(Cl)C(O)CC2(C)C1(O)C(=O)COP(=O)(O)O. The average Bonchev–Trinajstić information content (AvgIpc) is 2.89. The van der Waals surface area contributed by atoms with Gasteiger partial charge in [0.2, 0.25) is 0 Å². The monoisotopic (exact) mass is 488 g/mol. The summed E-state index contributed by atoms with van der Waals surface area (Å²) in [6, 6.07) is 0. The number of ketones is 2. The van der Waals surface area contributed by atoms with E-state index >= 15 is 0 Å². The van der Waals surface area contributed by atoms with Crippen LogP contribution in [0.5, 0.6) is 0 Å². The molecule has 0 bridgehead atoms. The standard InChI is InChI=1S/C22H30ClO8P/c1-12-8-16-15-5-4-13-9-14(24)6-7-19(13,2)21(15,23)17(25)10-20(16,3)22(12,27)18(26)11-31-32(28,29)30/h6-7,9,12,15-17,25,27H,4-5,8,10-11H2,1-3H3,(H2,28,29,30). The maximum absolute atomic E-state index is 13.1. The van der Waals surface area contributed by atoms with E-state index in [2.05, 4.69) is 4.52 Å². The molecule has 4 N–H and O–H groups in total. The third kappa shape index (κ3) is 3.04. The first-order chi connectivity index (χ1) is 14.6. The van der Waals surface area contributed by atoms with Crippen molar-refractivity contribution in [1.29, 1.82) is 0 Å². The molecule has 8 unspecified atom stereocenters. The van der Waals surface area contributed by atoms with E-state index in [0.717, 1.165) is 5.57 Å². The van der Waals surface area contributed by atoms with Crippen molar-refractivity contribution in [2.75, 3.05) is 6.61 Å². The van der Waals surface area contributed by atoms with Gasteiger partial charge in [0.15, 0.2) is 11.6 Å². The molecule has 178 valence electrons. The van der Waals surface area contributed by atoms with Crippen LogP contribution in [-0.4, -0.2) is 54.8 Å². The van der Waals surface area contributed by atoms with Crippen molar-refractivity contribution in [2.24, 2.45) is 28.6 Å². The number of alkyl halides is 1. The lowest BCUT2D eigenvalue weighted by molar-refractivity contribution is -0.179. The molecule has 3 saturated carbocycles. The van der Waals surface area contributed by atoms with Gasteiger partial charge in [0.25, 0.3) is 0 Å². The van der Waals surface area contributed by atoms with Crippen LogP contribution in [0.3, 0.4) is 0 Å². The van der Waals surface area contributed by atoms with E-state index in [1.54, 1.807) is 26.0 Å². The zero-order valence-electron chi connectivity index (χ0n) is 18.3. The summed E-state index contributed by atoms with van der Waals surface area (Å²) < 4.78 is 15.5. The van der Waals surface area contributed by atoms with E-state index in [4.69, 9.17) is 21.4 Å². The molecule has 0 aliphatic heterocycles. The Hall–Kier alpha value is -0.860. The molecular formula is C22H30ClO8P. The predicted octanol–water partition coefficient (Wildman–Crippen LogP) is 2.28. The average molecular weight is 489 g/mol. The minimum absolute atomic E-state index is 0.0326. The van der Waals surface area contributed by atoms with Gasteiger partial charge in [-0.15, -0.1) is 11.6 Å². The van der Waals surface area contributed by atoms with E-state index in [9.17, 15) is 24.4 Å². The largest absolute Gasteiger partial charge is 0.470 e. The Balaban J connectivity index is 1.74. The van der Waals surface area contributed by atoms with Gasteiger partial charge in [-0.1, -0.05) is 32.4 Å². The first-order valence-corrected chi connectivity index (χ1v) is 12.8. The second-order valence-electron chi connectivity index (χ2n) is 10.4. The van der Waals surface area contributed by atoms with Crippen molar-refractivity contribution < 1.29 is 38.7 Å². The number of rotatable bonds is 4. The number of hydrogen-bond donors (Lipinski definition) is 4. The van der Waals surface area contributed by atoms with Gasteiger partial charge in [0.1, 0.15) is 12.2 Å². The minimum atomic E-state index is -4.89. The minimum Gasteiger partial charge on any atom is -0.391 e. The van der Waals surface area contributed by atoms with Crippen LogP contribution in [0.2, 0.25) is 0 Å². The summed E-state index contributed by atoms with van der Waals surface area (Å²) in [7, 11) is -4.89. The summed E-state index contributed by atoms with van der Waals surface area (Å²) >= 11 is 7.31. The van der Waals surface area contributed by atoms with Gasteiger partial charge in [-0.05, 0) is 55.6 Å². The fraction of sp³-hybridized carbons (Fsp3) is 0.727. The number of hydrogen-bond acceptors (Lipinski definition) is 6. The Morgan fingerprint density at radius 3 is 2.59 bits per heavy atom. The van der Waals surface area contributed by atoms with Crippen molar-refractivity contribution in [1.82, 2.24) is 0 Å². The molecule has 8 atom stereocenters. The highest BCUT2D eigenvalue weighted by molar-refractivity contribution is 7.46. The van der Waals surface area contributed by atoms with Crippen molar-refractivity contribution >= 4 is 31.0 Å². The lowest BCUT2D eigenvalue weighted by atomic mass is 9.45. The molecule has 0 heterocycles. The Bertz CT molecular complexity index is 973. The highest BCUT2D eigenvalue weighted by Crippen LogP contribution is 2.71. The van der Waals surface area contributed by atoms with Crippen LogP contribution in [0.1, 0.15) is 46.5 Å². The number of aliphatic hydroxyl groups excluding tert-OH is 1. The number of aliphatic hydroxyl groups is 2. The predicted molar refractivity (Wildman–Crippen MR) is 116 cm³/mol. The molecule has 0 spiro atoms. The van der Waals surface area contributed by atoms with Crippen molar-refractivity contribution in [3.05, 3.63) is 23.8 Å². The fourth-order valence-corrected chi connectivity index (χ4v) is 8.20. The molecule has 4 aliphatic rings. The Morgan fingerprint density at radius 1 is 1.31 bits per heavy atom. The summed E-state index contributed by atoms with van der Waals surface area (Å²) in [5.41, 5.74) is -2.85. The van der Waals surface area contributed by atoms with E-state index in [1.165, 1.54) is 6.08 Å². The van der Waals surface area contributed by atoms with Crippen molar-refractivity contribution in [3.8, 4) is 0 Å². The maximum Gasteiger partial charge on any atom is 0.470 e. The van der Waals surface area contributed by atoms with Crippen molar-refractivity contribution in [3.63, 3.8) is 0 Å². The second kappa shape index (κ2) is 7.32. The van der Waals surface area contributed by atoms with E-state index < -0.39 is 53.5 Å². The Labute approximate surface area is 191 Å². The second-order valence-corrected chi connectivity index (χ2v) is 12.2. The molecule has 0 aromatic heterocycles. The van der Waals surface area contributed by atoms with Gasteiger partial charge in [-0.3, -0.25) is 14.1 Å². The number of phosphoric ester groups is 1. The molecule has 0 amide bonds. The summed E-state index contributed by atoms with van der Waals surface area (Å²) in [6.07, 6.45) is 5.48. The molecule has 0 radical (unpaired) electrons. The molecule has 0 saturated heterocycles. The van der Waals surface area contributed by atoms with Gasteiger partial charge in [-0.25, -0.2) is 4.57 Å². The highest BCUT2D eigenvalue weighted by Gasteiger charge is 2.74. The Morgan fingerprint density at radius 2 is 1.97 bits per heavy atom. The maximum atomic E-state index is 13.1. The number of carbonyl (C=O) groups is 2. The van der Waals surface area contributed by atoms with Crippen LogP contribution in [0.4, 0.5) is 0 Å². The zero-order valence-corrected chi connectivity index (χ0v) is 20.0. The number of phosphoric acid groups is 1. The van der Waals surface area contributed by atoms with Gasteiger partial charge in [-0.2, -0.15) is 0 Å². The number of halogens is 1. The molecule has 8 nitrogen and oxygen atoms in total. The molecule has 0 aromatic carbocycles. The molecule has 10 heteroatoms. The number of allylic oxidation sites excluding steroid dienone is 4. The van der Waals surface area contributed by atoms with Crippen LogP contribution in [0.25, 0.3) is 0 Å². The topological polar surface area (TPSA) is 141 Å². The van der Waals surface area contributed by atoms with Gasteiger partial charge in [0.05, 0.1) is 11.0 Å². The first-order valence-electron chi connectivity index (χ1n) is 10.9. The van der Waals surface area contributed by atoms with Crippen LogP contribution < -0.4 is 0 Å². The molecule has 4 aliphatic carbocycles. The van der Waals surface area contributed by atoms with Gasteiger partial charge < -0.3 is 20.0 Å². The van der Waals surface area contributed by atoms with Crippen LogP contribution >= 0.6 is 19.4 Å². The summed E-state index contributed by atoms with van der Waals surface area (Å²) in [4.78, 5) is 41.9. The smallest absolute Gasteiger partial charge is 0.391 e. The fourth-order valence-electron chi connectivity index (χ4n) is 7.39. The number of fused-ring (bicyclic) bond motifs is 5. The molecule has 3 fully saturated rings. The van der Waals surface area contributed by atoms with Gasteiger partial charge >= 0.3 is 7.82 Å². The van der Waals surface area contributed by atoms with Gasteiger partial charge in [0, 0.05) is 10.8 Å². The zero-order chi connectivity index (χ0) is 23.9. The van der Waals surface area contributed by atoms with Crippen LogP contribution in [-0.2, 0) is 18.7 Å². The molecule has 0 aromatic rings. The highest BCUT2D eigenvalue weighted by atomic mass is 35.5. The molecular weight excluding hydrogens is 459 g/mol. The first kappa shape index (κ1) is 24.3. The summed E-state index contributed by atoms with van der Waals surface area (Å²) in [5.74, 6) is -1.90. The quantitative estimate of drug-likeness (QED) is 0.349.